The van der Waals surface area contributed by atoms with Crippen molar-refractivity contribution in [3.8, 4) is 0 Å². The minimum atomic E-state index is 0.435. The third-order valence-electron chi connectivity index (χ3n) is 1.02. The van der Waals surface area contributed by atoms with E-state index in [0.29, 0.717) is 16.5 Å². The fourth-order valence-corrected chi connectivity index (χ4v) is 0.742. The van der Waals surface area contributed by atoms with E-state index in [2.05, 4.69) is 10.4 Å². The second-order valence-corrected chi connectivity index (χ2v) is 2.17. The van der Waals surface area contributed by atoms with E-state index >= 15 is 0 Å². The predicted octanol–water partition coefficient (Wildman–Crippen LogP) is 0.603. The lowest BCUT2D eigenvalue weighted by Crippen LogP contribution is -2.10. The Balaban J connectivity index is 3.07. The molecule has 5 N–H and O–H groups in total. The summed E-state index contributed by atoms with van der Waals surface area (Å²) in [5.41, 5.74) is 8.21. The molecule has 0 fully saturated rings. The first-order valence-corrected chi connectivity index (χ1v) is 2.99. The van der Waals surface area contributed by atoms with E-state index in [1.54, 1.807) is 6.07 Å². The van der Waals surface area contributed by atoms with Crippen LogP contribution in [0.15, 0.2) is 12.3 Å². The van der Waals surface area contributed by atoms with Crippen LogP contribution in [-0.4, -0.2) is 4.98 Å². The van der Waals surface area contributed by atoms with Crippen molar-refractivity contribution in [3.63, 3.8) is 0 Å². The molecule has 0 aliphatic carbocycles. The van der Waals surface area contributed by atoms with E-state index in [1.807, 2.05) is 0 Å². The van der Waals surface area contributed by atoms with Crippen LogP contribution in [0, 0.1) is 0 Å². The molecule has 10 heavy (non-hydrogen) atoms. The molecule has 4 nitrogen and oxygen atoms in total. The number of nitrogens with zero attached hydrogens (tertiary/aromatic N) is 1. The summed E-state index contributed by atoms with van der Waals surface area (Å²) in [5.74, 6) is 5.50. The molecule has 1 aromatic heterocycles. The second kappa shape index (κ2) is 2.72. The van der Waals surface area contributed by atoms with Crippen LogP contribution in [0.5, 0.6) is 0 Å². The number of anilines is 2. The number of hydrogen-bond donors (Lipinski definition) is 3. The normalized spacial score (nSPS) is 9.40. The van der Waals surface area contributed by atoms with Gasteiger partial charge in [0.25, 0.3) is 0 Å². The van der Waals surface area contributed by atoms with Gasteiger partial charge in [-0.15, -0.1) is 0 Å². The molecule has 0 aliphatic heterocycles. The molecule has 0 aliphatic rings. The van der Waals surface area contributed by atoms with Gasteiger partial charge in [0.2, 0.25) is 0 Å². The van der Waals surface area contributed by atoms with Crippen LogP contribution >= 0.6 is 11.6 Å². The van der Waals surface area contributed by atoms with Crippen molar-refractivity contribution in [2.75, 3.05) is 11.2 Å². The lowest BCUT2D eigenvalue weighted by Gasteiger charge is -2.01. The molecule has 1 rings (SSSR count). The van der Waals surface area contributed by atoms with Gasteiger partial charge in [-0.2, -0.15) is 0 Å². The summed E-state index contributed by atoms with van der Waals surface area (Å²) in [6.07, 6.45) is 1.47. The first kappa shape index (κ1) is 7.11. The third kappa shape index (κ3) is 1.29. The van der Waals surface area contributed by atoms with Gasteiger partial charge in [-0.3, -0.25) is 0 Å². The van der Waals surface area contributed by atoms with Gasteiger partial charge in [-0.05, 0) is 6.07 Å². The van der Waals surface area contributed by atoms with E-state index in [0.717, 1.165) is 0 Å². The Bertz CT molecular complexity index is 237. The third-order valence-corrected chi connectivity index (χ3v) is 1.23. The molecule has 1 aromatic rings. The van der Waals surface area contributed by atoms with Crippen molar-refractivity contribution in [2.24, 2.45) is 5.84 Å². The van der Waals surface area contributed by atoms with Gasteiger partial charge in [-0.25, -0.2) is 10.8 Å². The van der Waals surface area contributed by atoms with Gasteiger partial charge in [0.05, 0.1) is 10.7 Å². The van der Waals surface area contributed by atoms with Crippen molar-refractivity contribution >= 4 is 23.1 Å². The summed E-state index contributed by atoms with van der Waals surface area (Å²) in [4.78, 5) is 3.80. The largest absolute Gasteiger partial charge is 0.396 e. The van der Waals surface area contributed by atoms with E-state index < -0.39 is 0 Å². The van der Waals surface area contributed by atoms with Crippen molar-refractivity contribution in [1.29, 1.82) is 0 Å². The molecule has 0 unspecified atom stereocenters. The number of nitrogens with one attached hydrogen (secondary N) is 1. The van der Waals surface area contributed by atoms with Crippen molar-refractivity contribution in [2.45, 2.75) is 0 Å². The van der Waals surface area contributed by atoms with Gasteiger partial charge in [0, 0.05) is 6.20 Å². The van der Waals surface area contributed by atoms with E-state index in [-0.39, 0.29) is 0 Å². The highest BCUT2D eigenvalue weighted by atomic mass is 35.5. The number of rotatable bonds is 1. The number of aromatic nitrogens is 1. The Morgan fingerprint density at radius 3 is 2.80 bits per heavy atom. The molecule has 0 atom stereocenters. The molecule has 0 radical (unpaired) electrons. The van der Waals surface area contributed by atoms with Crippen LogP contribution in [-0.2, 0) is 0 Å². The van der Waals surface area contributed by atoms with E-state index in [1.165, 1.54) is 6.20 Å². The average molecular weight is 159 g/mol. The lowest BCUT2D eigenvalue weighted by atomic mass is 10.4. The summed E-state index contributed by atoms with van der Waals surface area (Å²) < 4.78 is 0. The number of halogens is 1. The summed E-state index contributed by atoms with van der Waals surface area (Å²) in [7, 11) is 0. The molecular formula is C5H7ClN4. The van der Waals surface area contributed by atoms with E-state index in [9.17, 15) is 0 Å². The number of hydrogen-bond acceptors (Lipinski definition) is 4. The fraction of sp³-hybridized carbons (Fsp3) is 0. The van der Waals surface area contributed by atoms with Crippen LogP contribution in [0.3, 0.4) is 0 Å². The molecule has 0 amide bonds. The summed E-state index contributed by atoms with van der Waals surface area (Å²) in [5, 5.41) is 0.497. The van der Waals surface area contributed by atoms with Gasteiger partial charge >= 0.3 is 0 Å². The molecule has 0 bridgehead atoms. The molecule has 0 spiro atoms. The van der Waals surface area contributed by atoms with Gasteiger partial charge < -0.3 is 11.2 Å². The summed E-state index contributed by atoms with van der Waals surface area (Å²) in [6.45, 7) is 0. The second-order valence-electron chi connectivity index (χ2n) is 1.74. The van der Waals surface area contributed by atoms with Crippen LogP contribution < -0.4 is 17.0 Å². The molecule has 5 heteroatoms. The highest BCUT2D eigenvalue weighted by Gasteiger charge is 1.97. The fourth-order valence-electron chi connectivity index (χ4n) is 0.576. The van der Waals surface area contributed by atoms with Gasteiger partial charge in [-0.1, -0.05) is 11.6 Å². The standard InChI is InChI=1S/C5H7ClN4/c6-3-1-4(7)5(10-8)9-2-3/h1-2H,7-8H2,(H,9,10). The SMILES string of the molecule is NNc1ncc(Cl)cc1N. The van der Waals surface area contributed by atoms with Crippen molar-refractivity contribution in [3.05, 3.63) is 17.3 Å². The highest BCUT2D eigenvalue weighted by Crippen LogP contribution is 2.17. The monoisotopic (exact) mass is 158 g/mol. The number of hydrazine groups is 1. The average Bonchev–Trinajstić information content (AvgIpc) is 1.88. The maximum absolute atomic E-state index is 5.56. The Labute approximate surface area is 63.2 Å². The first-order valence-electron chi connectivity index (χ1n) is 2.61. The van der Waals surface area contributed by atoms with Crippen LogP contribution in [0.1, 0.15) is 0 Å². The quantitative estimate of drug-likeness (QED) is 0.413. The Kier molecular flexibility index (Phi) is 1.94. The lowest BCUT2D eigenvalue weighted by molar-refractivity contribution is 1.23. The number of nitrogen functional groups attached to an aromatic ring is 2. The predicted molar refractivity (Wildman–Crippen MR) is 41.5 cm³/mol. The summed E-state index contributed by atoms with van der Waals surface area (Å²) in [6, 6.07) is 1.57. The number of nitrogens with two attached hydrogens (primary N) is 2. The molecule has 0 saturated heterocycles. The van der Waals surface area contributed by atoms with Gasteiger partial charge in [0.1, 0.15) is 0 Å². The molecular weight excluding hydrogens is 152 g/mol. The topological polar surface area (TPSA) is 77.0 Å². The minimum absolute atomic E-state index is 0.435. The number of pyridine rings is 1. The van der Waals surface area contributed by atoms with Crippen LogP contribution in [0.2, 0.25) is 5.02 Å². The Morgan fingerprint density at radius 1 is 1.60 bits per heavy atom. The maximum Gasteiger partial charge on any atom is 0.163 e. The highest BCUT2D eigenvalue weighted by molar-refractivity contribution is 6.30. The zero-order chi connectivity index (χ0) is 7.56. The smallest absolute Gasteiger partial charge is 0.163 e. The van der Waals surface area contributed by atoms with Gasteiger partial charge in [0.15, 0.2) is 5.82 Å². The first-order chi connectivity index (χ1) is 4.74. The zero-order valence-corrected chi connectivity index (χ0v) is 5.89. The van der Waals surface area contributed by atoms with Crippen molar-refractivity contribution < 1.29 is 0 Å². The van der Waals surface area contributed by atoms with E-state index in [4.69, 9.17) is 23.2 Å². The molecule has 1 heterocycles. The Morgan fingerprint density at radius 2 is 2.30 bits per heavy atom. The molecule has 0 aromatic carbocycles. The molecule has 54 valence electrons. The van der Waals surface area contributed by atoms with Crippen LogP contribution in [0.25, 0.3) is 0 Å². The Hall–Kier alpha value is -1.00. The molecule has 0 saturated carbocycles. The summed E-state index contributed by atoms with van der Waals surface area (Å²) >= 11 is 5.56. The minimum Gasteiger partial charge on any atom is -0.396 e. The maximum atomic E-state index is 5.56. The van der Waals surface area contributed by atoms with Crippen LogP contribution in [0.4, 0.5) is 11.5 Å². The van der Waals surface area contributed by atoms with Crippen molar-refractivity contribution in [1.82, 2.24) is 4.98 Å². The zero-order valence-electron chi connectivity index (χ0n) is 5.13.